The number of fused-ring (bicyclic) bond motifs is 1. The van der Waals surface area contributed by atoms with E-state index in [0.717, 1.165) is 50.2 Å². The number of nitrogens with zero attached hydrogens (tertiary/aromatic N) is 3. The van der Waals surface area contributed by atoms with Gasteiger partial charge in [-0.1, -0.05) is 0 Å². The molecule has 0 bridgehead atoms. The highest BCUT2D eigenvalue weighted by Crippen LogP contribution is 2.42. The summed E-state index contributed by atoms with van der Waals surface area (Å²) < 4.78 is 36.4. The van der Waals surface area contributed by atoms with E-state index >= 15 is 0 Å². The van der Waals surface area contributed by atoms with Gasteiger partial charge in [-0.05, 0) is 63.6 Å². The third-order valence-electron chi connectivity index (χ3n) is 5.49. The van der Waals surface area contributed by atoms with Crippen molar-refractivity contribution in [2.24, 2.45) is 5.73 Å². The Kier molecular flexibility index (Phi) is 5.74. The predicted molar refractivity (Wildman–Crippen MR) is 109 cm³/mol. The number of rotatable bonds is 3. The first-order valence-corrected chi connectivity index (χ1v) is 10.8. The fourth-order valence-corrected chi connectivity index (χ4v) is 4.92. The Labute approximate surface area is 173 Å². The van der Waals surface area contributed by atoms with Gasteiger partial charge < -0.3 is 19.9 Å². The molecule has 1 aromatic heterocycles. The molecule has 2 N–H and O–H groups in total. The topological polar surface area (TPSA) is 56.3 Å². The van der Waals surface area contributed by atoms with Crippen molar-refractivity contribution in [2.45, 2.75) is 44.2 Å². The molecule has 2 fully saturated rings. The maximum Gasteiger partial charge on any atom is 0.267 e. The highest BCUT2D eigenvalue weighted by atomic mass is 79.9. The number of alkyl halides is 2. The smallest absolute Gasteiger partial charge is 0.267 e. The minimum atomic E-state index is -2.61. The van der Waals surface area contributed by atoms with Crippen molar-refractivity contribution in [1.82, 2.24) is 9.55 Å². The van der Waals surface area contributed by atoms with Crippen LogP contribution in [0.4, 0.5) is 14.7 Å². The molecule has 0 amide bonds. The molecule has 0 radical (unpaired) electrons. The van der Waals surface area contributed by atoms with E-state index < -0.39 is 6.43 Å². The van der Waals surface area contributed by atoms with Crippen molar-refractivity contribution in [3.8, 4) is 0 Å². The Morgan fingerprint density at radius 2 is 1.81 bits per heavy atom. The summed E-state index contributed by atoms with van der Waals surface area (Å²) in [4.78, 5) is 6.93. The molecule has 4 rings (SSSR count). The Hall–Kier alpha value is -0.770. The van der Waals surface area contributed by atoms with Crippen molar-refractivity contribution in [1.29, 1.82) is 0 Å². The Balaban J connectivity index is 1.90. The van der Waals surface area contributed by atoms with Crippen LogP contribution in [-0.2, 0) is 4.74 Å². The van der Waals surface area contributed by atoms with Crippen molar-refractivity contribution < 1.29 is 13.5 Å². The molecule has 2 aliphatic heterocycles. The highest BCUT2D eigenvalue weighted by Gasteiger charge is 2.30. The molecular weight excluding hydrogens is 486 g/mol. The van der Waals surface area contributed by atoms with E-state index in [9.17, 15) is 8.78 Å². The van der Waals surface area contributed by atoms with Gasteiger partial charge in [-0.15, -0.1) is 0 Å². The first-order valence-electron chi connectivity index (χ1n) is 9.23. The lowest BCUT2D eigenvalue weighted by atomic mass is 10.1. The van der Waals surface area contributed by atoms with Crippen LogP contribution < -0.4 is 10.6 Å². The third-order valence-corrected chi connectivity index (χ3v) is 7.50. The van der Waals surface area contributed by atoms with E-state index in [1.165, 1.54) is 0 Å². The maximum atomic E-state index is 13.9. The molecular formula is C18H22Br2F2N4O. The monoisotopic (exact) mass is 506 g/mol. The molecule has 27 heavy (non-hydrogen) atoms. The van der Waals surface area contributed by atoms with Gasteiger partial charge in [0.1, 0.15) is 5.52 Å². The van der Waals surface area contributed by atoms with Gasteiger partial charge in [0.05, 0.1) is 11.1 Å². The lowest BCUT2D eigenvalue weighted by molar-refractivity contribution is 0.0708. The number of hydrogen-bond acceptors (Lipinski definition) is 4. The van der Waals surface area contributed by atoms with Crippen molar-refractivity contribution in [3.05, 3.63) is 20.6 Å². The summed E-state index contributed by atoms with van der Waals surface area (Å²) in [6, 6.07) is 2.28. The zero-order chi connectivity index (χ0) is 19.1. The Bertz CT molecular complexity index is 831. The number of anilines is 1. The van der Waals surface area contributed by atoms with Crippen molar-refractivity contribution in [3.63, 3.8) is 0 Å². The molecule has 5 nitrogen and oxygen atoms in total. The first kappa shape index (κ1) is 19.5. The van der Waals surface area contributed by atoms with E-state index in [1.54, 1.807) is 0 Å². The van der Waals surface area contributed by atoms with Crippen molar-refractivity contribution >= 4 is 48.8 Å². The van der Waals surface area contributed by atoms with Gasteiger partial charge >= 0.3 is 0 Å². The zero-order valence-corrected chi connectivity index (χ0v) is 18.0. The van der Waals surface area contributed by atoms with Crippen LogP contribution in [0.5, 0.6) is 0 Å². The fraction of sp³-hybridized carbons (Fsp3) is 0.611. The third kappa shape index (κ3) is 3.63. The number of imidazole rings is 1. The average molecular weight is 508 g/mol. The second-order valence-corrected chi connectivity index (χ2v) is 8.85. The van der Waals surface area contributed by atoms with Crippen LogP contribution in [0.3, 0.4) is 0 Å². The number of ether oxygens (including phenoxy) is 1. The lowest BCUT2D eigenvalue weighted by Crippen LogP contribution is -2.41. The number of aromatic nitrogens is 2. The normalized spacial score (nSPS) is 20.1. The summed E-state index contributed by atoms with van der Waals surface area (Å²) in [6.45, 7) is 2.93. The zero-order valence-electron chi connectivity index (χ0n) is 14.8. The highest BCUT2D eigenvalue weighted by molar-refractivity contribution is 9.13. The molecule has 2 saturated heterocycles. The van der Waals surface area contributed by atoms with E-state index in [1.807, 2.05) is 6.07 Å². The molecule has 0 saturated carbocycles. The van der Waals surface area contributed by atoms with Gasteiger partial charge in [0.25, 0.3) is 6.43 Å². The van der Waals surface area contributed by atoms with Gasteiger partial charge in [-0.25, -0.2) is 13.8 Å². The van der Waals surface area contributed by atoms with E-state index in [4.69, 9.17) is 15.5 Å². The second kappa shape index (κ2) is 7.93. The van der Waals surface area contributed by atoms with E-state index in [2.05, 4.69) is 41.3 Å². The van der Waals surface area contributed by atoms with Gasteiger partial charge in [0.15, 0.2) is 0 Å². The van der Waals surface area contributed by atoms with Gasteiger partial charge in [-0.2, -0.15) is 0 Å². The average Bonchev–Trinajstić information content (AvgIpc) is 3.02. The van der Waals surface area contributed by atoms with Crippen LogP contribution in [-0.4, -0.2) is 41.9 Å². The fourth-order valence-electron chi connectivity index (χ4n) is 4.01. The van der Waals surface area contributed by atoms with Crippen LogP contribution in [0, 0.1) is 0 Å². The predicted octanol–water partition coefficient (Wildman–Crippen LogP) is 4.78. The van der Waals surface area contributed by atoms with Gasteiger partial charge in [0.2, 0.25) is 5.95 Å². The number of halogens is 4. The largest absolute Gasteiger partial charge is 0.381 e. The van der Waals surface area contributed by atoms with Gasteiger partial charge in [0, 0.05) is 47.3 Å². The summed E-state index contributed by atoms with van der Waals surface area (Å²) in [6.07, 6.45) is 0.852. The molecule has 0 spiro atoms. The van der Waals surface area contributed by atoms with Crippen molar-refractivity contribution in [2.75, 3.05) is 31.2 Å². The summed E-state index contributed by atoms with van der Waals surface area (Å²) in [5.74, 6) is 0.774. The quantitative estimate of drug-likeness (QED) is 0.649. The number of nitrogens with two attached hydrogens (primary N) is 1. The summed E-state index contributed by atoms with van der Waals surface area (Å²) in [7, 11) is 0. The molecule has 2 aliphatic rings. The van der Waals surface area contributed by atoms with Crippen LogP contribution in [0.1, 0.15) is 43.7 Å². The van der Waals surface area contributed by atoms with E-state index in [0.29, 0.717) is 27.7 Å². The Morgan fingerprint density at radius 3 is 2.44 bits per heavy atom. The van der Waals surface area contributed by atoms with Crippen LogP contribution >= 0.6 is 31.9 Å². The summed E-state index contributed by atoms with van der Waals surface area (Å²) in [5.41, 5.74) is 7.12. The van der Waals surface area contributed by atoms with E-state index in [-0.39, 0.29) is 17.6 Å². The number of hydrogen-bond donors (Lipinski definition) is 1. The number of benzene rings is 1. The van der Waals surface area contributed by atoms with Crippen LogP contribution in [0.25, 0.3) is 11.0 Å². The molecule has 0 unspecified atom stereocenters. The maximum absolute atomic E-state index is 13.9. The van der Waals surface area contributed by atoms with Crippen LogP contribution in [0.15, 0.2) is 15.0 Å². The summed E-state index contributed by atoms with van der Waals surface area (Å²) in [5, 5.41) is 0. The standard InChI is InChI=1S/C18H22Br2F2N4O/c19-12-9-13-16(14(15(12)20)17(21)22)24-18(25-5-1-10(23)2-6-25)26(13)11-3-7-27-8-4-11/h9-11,17H,1-8,23H2. The minimum absolute atomic E-state index is 0.0554. The van der Waals surface area contributed by atoms with Gasteiger partial charge in [-0.3, -0.25) is 0 Å². The molecule has 0 aliphatic carbocycles. The second-order valence-electron chi connectivity index (χ2n) is 7.20. The molecule has 148 valence electrons. The molecule has 0 atom stereocenters. The SMILES string of the molecule is NC1CCN(c2nc3c(C(F)F)c(Br)c(Br)cc3n2C2CCOCC2)CC1. The minimum Gasteiger partial charge on any atom is -0.381 e. The number of piperidine rings is 1. The van der Waals surface area contributed by atoms with Crippen LogP contribution in [0.2, 0.25) is 0 Å². The molecule has 2 aromatic rings. The molecule has 3 heterocycles. The lowest BCUT2D eigenvalue weighted by Gasteiger charge is -2.34. The molecule has 1 aromatic carbocycles. The molecule has 9 heteroatoms. The Morgan fingerprint density at radius 1 is 1.15 bits per heavy atom. The first-order chi connectivity index (χ1) is 13.0. The summed E-state index contributed by atoms with van der Waals surface area (Å²) >= 11 is 6.74.